The van der Waals surface area contributed by atoms with Crippen molar-refractivity contribution in [2.45, 2.75) is 277 Å². The molecular weight excluding hydrogens is 961 g/mol. The Morgan fingerprint density at radius 1 is 0.269 bits per heavy atom. The Kier molecular flexibility index (Phi) is 60.9. The fraction of sp³-hybridized carbons (Fsp3) is 0.625. The van der Waals surface area contributed by atoms with E-state index in [4.69, 9.17) is 14.2 Å². The lowest BCUT2D eigenvalue weighted by molar-refractivity contribution is -0.167. The Morgan fingerprint density at radius 3 is 0.833 bits per heavy atom. The average molecular weight is 1080 g/mol. The zero-order chi connectivity index (χ0) is 56.4. The van der Waals surface area contributed by atoms with Crippen molar-refractivity contribution in [3.8, 4) is 0 Å². The van der Waals surface area contributed by atoms with Gasteiger partial charge in [-0.1, -0.05) is 250 Å². The van der Waals surface area contributed by atoms with Gasteiger partial charge in [-0.15, -0.1) is 0 Å². The van der Waals surface area contributed by atoms with Crippen molar-refractivity contribution in [1.82, 2.24) is 0 Å². The van der Waals surface area contributed by atoms with Gasteiger partial charge in [-0.2, -0.15) is 0 Å². The number of hydrogen-bond acceptors (Lipinski definition) is 6. The largest absolute Gasteiger partial charge is 0.462 e. The molecule has 0 fully saturated rings. The summed E-state index contributed by atoms with van der Waals surface area (Å²) in [6.07, 6.45) is 92.7. The van der Waals surface area contributed by atoms with Crippen LogP contribution < -0.4 is 0 Å². The first kappa shape index (κ1) is 73.3. The maximum Gasteiger partial charge on any atom is 0.306 e. The fourth-order valence-electron chi connectivity index (χ4n) is 8.28. The SMILES string of the molecule is CC/C=C\C/C=C\C/C=C\C/C=C\C/C=C\C/C=C\C/C=C\C/C=C\CCCCC(=O)OCC(COC(=O)CCCCCCC/C=C\C/C=C\CCCCCC)OC(=O)CCCCCCCCC/C=C\C/C=C\CCCCC. The van der Waals surface area contributed by atoms with Gasteiger partial charge in [-0.25, -0.2) is 0 Å². The maximum absolute atomic E-state index is 12.9. The zero-order valence-corrected chi connectivity index (χ0v) is 50.4. The highest BCUT2D eigenvalue weighted by atomic mass is 16.6. The summed E-state index contributed by atoms with van der Waals surface area (Å²) in [6.45, 7) is 6.43. The van der Waals surface area contributed by atoms with Gasteiger partial charge < -0.3 is 14.2 Å². The first-order valence-corrected chi connectivity index (χ1v) is 31.8. The lowest BCUT2D eigenvalue weighted by Gasteiger charge is -2.18. The molecule has 0 saturated heterocycles. The third-order valence-corrected chi connectivity index (χ3v) is 13.0. The Bertz CT molecular complexity index is 1710. The molecule has 0 saturated carbocycles. The first-order valence-electron chi connectivity index (χ1n) is 31.8. The molecule has 0 aromatic carbocycles. The standard InChI is InChI=1S/C72H116O6/c1-4-7-10-13-16-19-22-25-28-31-32-33-34-35-36-37-38-39-40-42-44-47-50-53-56-59-62-65-71(74)77-68-69(67-76-70(73)64-61-58-55-52-49-46-43-30-27-24-21-18-15-12-9-6-3)78-72(75)66-63-60-57-54-51-48-45-41-29-26-23-20-17-14-11-8-5-2/h7,10,16-17,19-21,24-26,28-30,32-33,35-36,38-39,42-44,50,53,69H,4-6,8-9,11-15,18,22-23,27,31,34,37,40-41,45-49,51-52,54-68H2,1-3H3/b10-7-,19-16-,20-17-,24-21-,28-25-,29-26-,33-32-,36-35-,39-38-,43-30-,44-42-,53-50-. The van der Waals surface area contributed by atoms with Crippen LogP contribution >= 0.6 is 0 Å². The highest BCUT2D eigenvalue weighted by Gasteiger charge is 2.19. The van der Waals surface area contributed by atoms with Gasteiger partial charge in [-0.3, -0.25) is 14.4 Å². The van der Waals surface area contributed by atoms with Crippen LogP contribution in [0.2, 0.25) is 0 Å². The van der Waals surface area contributed by atoms with E-state index in [9.17, 15) is 14.4 Å². The van der Waals surface area contributed by atoms with Crippen molar-refractivity contribution in [2.24, 2.45) is 0 Å². The predicted octanol–water partition coefficient (Wildman–Crippen LogP) is 21.9. The molecule has 1 unspecified atom stereocenters. The van der Waals surface area contributed by atoms with E-state index in [1.54, 1.807) is 0 Å². The second-order valence-electron chi connectivity index (χ2n) is 20.6. The molecule has 0 amide bonds. The van der Waals surface area contributed by atoms with Crippen molar-refractivity contribution < 1.29 is 28.6 Å². The third-order valence-electron chi connectivity index (χ3n) is 13.0. The van der Waals surface area contributed by atoms with Crippen LogP contribution in [-0.2, 0) is 28.6 Å². The second kappa shape index (κ2) is 64.8. The molecule has 440 valence electrons. The molecule has 6 nitrogen and oxygen atoms in total. The van der Waals surface area contributed by atoms with Crippen LogP contribution in [0.25, 0.3) is 0 Å². The Balaban J connectivity index is 4.50. The summed E-state index contributed by atoms with van der Waals surface area (Å²) < 4.78 is 16.9. The summed E-state index contributed by atoms with van der Waals surface area (Å²) in [5, 5.41) is 0. The van der Waals surface area contributed by atoms with Crippen molar-refractivity contribution in [2.75, 3.05) is 13.2 Å². The normalized spacial score (nSPS) is 13.1. The van der Waals surface area contributed by atoms with E-state index in [0.29, 0.717) is 25.7 Å². The second-order valence-corrected chi connectivity index (χ2v) is 20.6. The lowest BCUT2D eigenvalue weighted by atomic mass is 10.1. The van der Waals surface area contributed by atoms with E-state index in [2.05, 4.69) is 167 Å². The molecule has 6 heteroatoms. The molecule has 0 aliphatic carbocycles. The zero-order valence-electron chi connectivity index (χ0n) is 50.4. The number of rotatable bonds is 56. The molecular formula is C72H116O6. The molecule has 0 aromatic heterocycles. The van der Waals surface area contributed by atoms with E-state index in [1.165, 1.54) is 83.5 Å². The van der Waals surface area contributed by atoms with Gasteiger partial charge >= 0.3 is 17.9 Å². The molecule has 0 rings (SSSR count). The minimum absolute atomic E-state index is 0.107. The molecule has 0 N–H and O–H groups in total. The fourth-order valence-corrected chi connectivity index (χ4v) is 8.28. The molecule has 78 heavy (non-hydrogen) atoms. The molecule has 0 radical (unpaired) electrons. The quantitative estimate of drug-likeness (QED) is 0.0261. The van der Waals surface area contributed by atoms with Gasteiger partial charge in [0.15, 0.2) is 6.10 Å². The van der Waals surface area contributed by atoms with Crippen molar-refractivity contribution >= 4 is 17.9 Å². The van der Waals surface area contributed by atoms with Crippen LogP contribution in [0.1, 0.15) is 271 Å². The molecule has 1 atom stereocenters. The molecule has 0 heterocycles. The Labute approximate surface area is 480 Å². The molecule has 0 aliphatic rings. The number of hydrogen-bond donors (Lipinski definition) is 0. The highest BCUT2D eigenvalue weighted by molar-refractivity contribution is 5.71. The number of carbonyl (C=O) groups is 3. The van der Waals surface area contributed by atoms with Gasteiger partial charge in [0.1, 0.15) is 13.2 Å². The highest BCUT2D eigenvalue weighted by Crippen LogP contribution is 2.14. The van der Waals surface area contributed by atoms with E-state index in [1.807, 2.05) is 0 Å². The molecule has 0 aliphatic heterocycles. The lowest BCUT2D eigenvalue weighted by Crippen LogP contribution is -2.30. The summed E-state index contributed by atoms with van der Waals surface area (Å²) >= 11 is 0. The number of ether oxygens (including phenoxy) is 3. The summed E-state index contributed by atoms with van der Waals surface area (Å²) in [5.41, 5.74) is 0. The smallest absolute Gasteiger partial charge is 0.306 e. The third kappa shape index (κ3) is 62.1. The number of esters is 3. The summed E-state index contributed by atoms with van der Waals surface area (Å²) in [7, 11) is 0. The van der Waals surface area contributed by atoms with Crippen molar-refractivity contribution in [1.29, 1.82) is 0 Å². The van der Waals surface area contributed by atoms with Crippen molar-refractivity contribution in [3.05, 3.63) is 146 Å². The van der Waals surface area contributed by atoms with Crippen LogP contribution in [0.3, 0.4) is 0 Å². The number of unbranched alkanes of at least 4 members (excludes halogenated alkanes) is 21. The Hall–Kier alpha value is -4.71. The summed E-state index contributed by atoms with van der Waals surface area (Å²) in [6, 6.07) is 0. The Morgan fingerprint density at radius 2 is 0.500 bits per heavy atom. The minimum atomic E-state index is -0.814. The van der Waals surface area contributed by atoms with Crippen LogP contribution in [0, 0.1) is 0 Å². The number of carbonyl (C=O) groups excluding carboxylic acids is 3. The van der Waals surface area contributed by atoms with Crippen LogP contribution in [-0.4, -0.2) is 37.2 Å². The molecule has 0 bridgehead atoms. The van der Waals surface area contributed by atoms with E-state index < -0.39 is 6.10 Å². The van der Waals surface area contributed by atoms with Gasteiger partial charge in [0.05, 0.1) is 0 Å². The van der Waals surface area contributed by atoms with Gasteiger partial charge in [-0.05, 0) is 148 Å². The minimum Gasteiger partial charge on any atom is -0.462 e. The van der Waals surface area contributed by atoms with Crippen LogP contribution in [0.4, 0.5) is 0 Å². The maximum atomic E-state index is 12.9. The first-order chi connectivity index (χ1) is 38.5. The monoisotopic (exact) mass is 1080 g/mol. The van der Waals surface area contributed by atoms with Gasteiger partial charge in [0.25, 0.3) is 0 Å². The average Bonchev–Trinajstić information content (AvgIpc) is 3.44. The van der Waals surface area contributed by atoms with E-state index >= 15 is 0 Å². The van der Waals surface area contributed by atoms with E-state index in [-0.39, 0.29) is 31.1 Å². The van der Waals surface area contributed by atoms with Gasteiger partial charge in [0.2, 0.25) is 0 Å². The van der Waals surface area contributed by atoms with Crippen LogP contribution in [0.5, 0.6) is 0 Å². The topological polar surface area (TPSA) is 78.9 Å². The van der Waals surface area contributed by atoms with Crippen LogP contribution in [0.15, 0.2) is 146 Å². The van der Waals surface area contributed by atoms with E-state index in [0.717, 1.165) is 141 Å². The summed E-state index contributed by atoms with van der Waals surface area (Å²) in [4.78, 5) is 38.3. The molecule has 0 aromatic rings. The van der Waals surface area contributed by atoms with Gasteiger partial charge in [0, 0.05) is 19.3 Å². The molecule has 0 spiro atoms. The van der Waals surface area contributed by atoms with Crippen molar-refractivity contribution in [3.63, 3.8) is 0 Å². The summed E-state index contributed by atoms with van der Waals surface area (Å²) in [5.74, 6) is -0.974. The predicted molar refractivity (Wildman–Crippen MR) is 339 cm³/mol. The number of allylic oxidation sites excluding steroid dienone is 24.